The van der Waals surface area contributed by atoms with Gasteiger partial charge in [-0.15, -0.1) is 11.3 Å². The highest BCUT2D eigenvalue weighted by molar-refractivity contribution is 7.26. The van der Waals surface area contributed by atoms with Gasteiger partial charge in [0.25, 0.3) is 0 Å². The third-order valence-electron chi connectivity index (χ3n) is 9.86. The van der Waals surface area contributed by atoms with E-state index in [1.54, 1.807) is 0 Å². The lowest BCUT2D eigenvalue weighted by atomic mass is 9.94. The molecule has 1 unspecified atom stereocenters. The molecule has 0 fully saturated rings. The van der Waals surface area contributed by atoms with Crippen LogP contribution in [0.3, 0.4) is 0 Å². The number of hydrogen-bond donors (Lipinski definition) is 1. The molecule has 0 saturated carbocycles. The summed E-state index contributed by atoms with van der Waals surface area (Å²) in [6, 6.07) is 49.8. The summed E-state index contributed by atoms with van der Waals surface area (Å²) >= 11 is 1.86. The van der Waals surface area contributed by atoms with Crippen LogP contribution in [0.15, 0.2) is 149 Å². The Balaban J connectivity index is 1.15. The standard InChI is InChI=1S/C42H25N3OS/c1-2-10-26-24(9-1)17-19-30-33-23-25(18-22-36(33)46-40(26)30)38-32-13-3-6-14-34(32)43-42(44-38)45-35-15-7-4-11-27(35)29-20-21-31-28-12-5-8-16-37(28)47-41(31)39(29)45/h1-23,38H,(H,43,44). The summed E-state index contributed by atoms with van der Waals surface area (Å²) in [4.78, 5) is 5.32. The number of rotatable bonds is 1. The fourth-order valence-corrected chi connectivity index (χ4v) is 8.96. The summed E-state index contributed by atoms with van der Waals surface area (Å²) in [6.07, 6.45) is 0. The summed E-state index contributed by atoms with van der Waals surface area (Å²) in [5.41, 5.74) is 7.46. The molecule has 0 aliphatic carbocycles. The van der Waals surface area contributed by atoms with E-state index in [4.69, 9.17) is 9.41 Å². The van der Waals surface area contributed by atoms with E-state index in [9.17, 15) is 0 Å². The summed E-state index contributed by atoms with van der Waals surface area (Å²) < 4.78 is 11.4. The van der Waals surface area contributed by atoms with Crippen molar-refractivity contribution in [1.29, 1.82) is 0 Å². The highest BCUT2D eigenvalue weighted by Gasteiger charge is 2.28. The van der Waals surface area contributed by atoms with Crippen molar-refractivity contribution < 1.29 is 4.42 Å². The smallest absolute Gasteiger partial charge is 0.209 e. The first-order valence-corrected chi connectivity index (χ1v) is 16.7. The molecule has 3 aromatic heterocycles. The second-order valence-corrected chi connectivity index (χ2v) is 13.4. The van der Waals surface area contributed by atoms with Crippen LogP contribution in [0, 0.1) is 0 Å². The first-order chi connectivity index (χ1) is 23.3. The molecule has 11 rings (SSSR count). The summed E-state index contributed by atoms with van der Waals surface area (Å²) in [6.45, 7) is 0. The number of hydrogen-bond acceptors (Lipinski definition) is 4. The molecule has 1 atom stereocenters. The van der Waals surface area contributed by atoms with Gasteiger partial charge in [-0.3, -0.25) is 4.57 Å². The maximum Gasteiger partial charge on any atom is 0.209 e. The number of nitrogens with zero attached hydrogens (tertiary/aromatic N) is 2. The van der Waals surface area contributed by atoms with Gasteiger partial charge in [0.2, 0.25) is 5.96 Å². The van der Waals surface area contributed by atoms with Crippen molar-refractivity contribution in [3.05, 3.63) is 151 Å². The zero-order valence-corrected chi connectivity index (χ0v) is 25.9. The van der Waals surface area contributed by atoms with Crippen LogP contribution >= 0.6 is 11.3 Å². The maximum atomic E-state index is 6.47. The van der Waals surface area contributed by atoms with Crippen molar-refractivity contribution in [3.63, 3.8) is 0 Å². The van der Waals surface area contributed by atoms with Gasteiger partial charge in [0, 0.05) is 48.0 Å². The molecule has 47 heavy (non-hydrogen) atoms. The topological polar surface area (TPSA) is 42.5 Å². The summed E-state index contributed by atoms with van der Waals surface area (Å²) in [5, 5.41) is 13.5. The van der Waals surface area contributed by atoms with Gasteiger partial charge in [0.1, 0.15) is 11.2 Å². The normalized spacial score (nSPS) is 14.9. The lowest BCUT2D eigenvalue weighted by molar-refractivity contribution is 0.671. The minimum Gasteiger partial charge on any atom is -0.455 e. The van der Waals surface area contributed by atoms with Gasteiger partial charge < -0.3 is 9.73 Å². The third-order valence-corrected chi connectivity index (χ3v) is 11.1. The number of benzene rings is 7. The van der Waals surface area contributed by atoms with E-state index >= 15 is 0 Å². The number of thiophene rings is 1. The predicted molar refractivity (Wildman–Crippen MR) is 197 cm³/mol. The minimum absolute atomic E-state index is 0.105. The lowest BCUT2D eigenvalue weighted by Crippen LogP contribution is -2.36. The highest BCUT2D eigenvalue weighted by Crippen LogP contribution is 2.43. The molecule has 0 saturated heterocycles. The number of furan rings is 1. The van der Waals surface area contributed by atoms with Crippen LogP contribution in [0.1, 0.15) is 17.2 Å². The van der Waals surface area contributed by atoms with Gasteiger partial charge in [-0.05, 0) is 47.3 Å². The van der Waals surface area contributed by atoms with Gasteiger partial charge in [0.15, 0.2) is 0 Å². The Hall–Kier alpha value is -5.91. The van der Waals surface area contributed by atoms with Crippen molar-refractivity contribution in [2.24, 2.45) is 4.99 Å². The highest BCUT2D eigenvalue weighted by atomic mass is 32.1. The second kappa shape index (κ2) is 9.32. The Bertz CT molecular complexity index is 2960. The summed E-state index contributed by atoms with van der Waals surface area (Å²) in [5.74, 6) is 0.827. The van der Waals surface area contributed by atoms with Gasteiger partial charge in [-0.25, -0.2) is 4.99 Å². The van der Waals surface area contributed by atoms with Crippen LogP contribution in [0.25, 0.3) is 74.7 Å². The second-order valence-electron chi connectivity index (χ2n) is 12.4. The van der Waals surface area contributed by atoms with Crippen LogP contribution < -0.4 is 5.32 Å². The number of para-hydroxylation sites is 2. The van der Waals surface area contributed by atoms with Gasteiger partial charge in [0.05, 0.1) is 27.5 Å². The van der Waals surface area contributed by atoms with Crippen LogP contribution in [0.2, 0.25) is 0 Å². The number of aliphatic imine (C=N–C) groups is 1. The van der Waals surface area contributed by atoms with E-state index in [2.05, 4.69) is 149 Å². The average Bonchev–Trinajstić information content (AvgIpc) is 3.80. The molecule has 5 heteroatoms. The van der Waals surface area contributed by atoms with E-state index in [0.717, 1.165) is 50.1 Å². The summed E-state index contributed by atoms with van der Waals surface area (Å²) in [7, 11) is 0. The molecular formula is C42H25N3OS. The Kier molecular flexibility index (Phi) is 5.02. The van der Waals surface area contributed by atoms with E-state index in [1.165, 1.54) is 47.4 Å². The zero-order chi connectivity index (χ0) is 30.6. The Morgan fingerprint density at radius 1 is 0.617 bits per heavy atom. The molecule has 10 aromatic rings. The quantitative estimate of drug-likeness (QED) is 0.199. The molecule has 1 aliphatic heterocycles. The van der Waals surface area contributed by atoms with Crippen molar-refractivity contribution in [2.75, 3.05) is 0 Å². The van der Waals surface area contributed by atoms with Crippen molar-refractivity contribution in [2.45, 2.75) is 6.04 Å². The van der Waals surface area contributed by atoms with Crippen LogP contribution in [-0.2, 0) is 0 Å². The lowest BCUT2D eigenvalue weighted by Gasteiger charge is -2.28. The first kappa shape index (κ1) is 25.3. The molecule has 0 radical (unpaired) electrons. The SMILES string of the molecule is c1ccc2c(c1)N=C(n1c3ccccc3c3ccc4c5ccccc5sc4c31)NC2c1ccc2oc3c4ccccc4ccc3c2c1. The van der Waals surface area contributed by atoms with Crippen LogP contribution in [-0.4, -0.2) is 10.5 Å². The predicted octanol–water partition coefficient (Wildman–Crippen LogP) is 11.4. The molecule has 0 amide bonds. The van der Waals surface area contributed by atoms with E-state index in [-0.39, 0.29) is 6.04 Å². The maximum absolute atomic E-state index is 6.47. The third kappa shape index (κ3) is 3.49. The number of nitrogens with one attached hydrogen (secondary N) is 1. The largest absolute Gasteiger partial charge is 0.455 e. The number of aromatic nitrogens is 1. The molecule has 4 heterocycles. The minimum atomic E-state index is -0.105. The zero-order valence-electron chi connectivity index (χ0n) is 25.1. The Labute approximate surface area is 272 Å². The molecular weight excluding hydrogens is 595 g/mol. The van der Waals surface area contributed by atoms with Crippen molar-refractivity contribution >= 4 is 97.7 Å². The average molecular weight is 620 g/mol. The fraction of sp³-hybridized carbons (Fsp3) is 0.0238. The molecule has 0 bridgehead atoms. The monoisotopic (exact) mass is 619 g/mol. The van der Waals surface area contributed by atoms with Crippen LogP contribution in [0.4, 0.5) is 5.69 Å². The fourth-order valence-electron chi connectivity index (χ4n) is 7.72. The van der Waals surface area contributed by atoms with Gasteiger partial charge in [-0.1, -0.05) is 103 Å². The van der Waals surface area contributed by atoms with E-state index in [0.29, 0.717) is 0 Å². The van der Waals surface area contributed by atoms with Crippen molar-refractivity contribution in [1.82, 2.24) is 9.88 Å². The molecule has 4 nitrogen and oxygen atoms in total. The molecule has 0 spiro atoms. The molecule has 7 aromatic carbocycles. The van der Waals surface area contributed by atoms with E-state index < -0.39 is 0 Å². The van der Waals surface area contributed by atoms with Gasteiger partial charge in [-0.2, -0.15) is 0 Å². The van der Waals surface area contributed by atoms with Crippen LogP contribution in [0.5, 0.6) is 0 Å². The van der Waals surface area contributed by atoms with Crippen molar-refractivity contribution in [3.8, 4) is 0 Å². The molecule has 1 aliphatic rings. The van der Waals surface area contributed by atoms with Gasteiger partial charge >= 0.3 is 0 Å². The Morgan fingerprint density at radius 3 is 2.34 bits per heavy atom. The molecule has 1 N–H and O–H groups in total. The first-order valence-electron chi connectivity index (χ1n) is 15.9. The van der Waals surface area contributed by atoms with E-state index in [1.807, 2.05) is 11.3 Å². The Morgan fingerprint density at radius 2 is 1.38 bits per heavy atom. The number of fused-ring (bicyclic) bond motifs is 13. The molecule has 220 valence electrons.